The molecule has 7 nitrogen and oxygen atoms in total. The normalized spacial score (nSPS) is 17.1. The highest BCUT2D eigenvalue weighted by Gasteiger charge is 2.09. The Morgan fingerprint density at radius 1 is 0.771 bits per heavy atom. The van der Waals surface area contributed by atoms with Gasteiger partial charge in [0, 0.05) is 57.9 Å². The predicted octanol–water partition coefficient (Wildman–Crippen LogP) is 3.06. The Hall–Kier alpha value is -2.71. The van der Waals surface area contributed by atoms with Crippen molar-refractivity contribution >= 4 is 5.82 Å². The standard InChI is InChI=1S/C28H41N7/c1-34-28(21-27(33-34)26-10-3-2-4-11-26)32-22-24-8-5-9-25(20-24)23-35-18-7-14-30-16-15-29-12-6-13-31-17-19-35/h2-5,8-11,20-21,29-32H,6-7,12-19,22-23H2,1H3. The van der Waals surface area contributed by atoms with Crippen LogP contribution in [0, 0.1) is 0 Å². The van der Waals surface area contributed by atoms with Crippen LogP contribution in [0.2, 0.25) is 0 Å². The van der Waals surface area contributed by atoms with Gasteiger partial charge in [0.25, 0.3) is 0 Å². The molecule has 0 unspecified atom stereocenters. The van der Waals surface area contributed by atoms with Crippen LogP contribution < -0.4 is 21.3 Å². The van der Waals surface area contributed by atoms with E-state index >= 15 is 0 Å². The molecule has 7 heteroatoms. The molecule has 2 heterocycles. The van der Waals surface area contributed by atoms with Crippen molar-refractivity contribution < 1.29 is 0 Å². The van der Waals surface area contributed by atoms with E-state index in [-0.39, 0.29) is 0 Å². The number of nitrogens with one attached hydrogen (secondary N) is 4. The molecule has 1 fully saturated rings. The quantitative estimate of drug-likeness (QED) is 0.439. The molecule has 1 aromatic heterocycles. The summed E-state index contributed by atoms with van der Waals surface area (Å²) in [7, 11) is 1.99. The van der Waals surface area contributed by atoms with Crippen LogP contribution in [-0.2, 0) is 20.1 Å². The second kappa shape index (κ2) is 14.0. The van der Waals surface area contributed by atoms with Gasteiger partial charge in [0.05, 0.1) is 5.69 Å². The maximum Gasteiger partial charge on any atom is 0.124 e. The van der Waals surface area contributed by atoms with E-state index in [1.807, 2.05) is 29.9 Å². The number of aryl methyl sites for hydroxylation is 1. The van der Waals surface area contributed by atoms with Gasteiger partial charge in [-0.3, -0.25) is 9.58 Å². The smallest absolute Gasteiger partial charge is 0.124 e. The first-order chi connectivity index (χ1) is 17.3. The van der Waals surface area contributed by atoms with E-state index in [0.29, 0.717) is 0 Å². The van der Waals surface area contributed by atoms with Crippen LogP contribution in [0.3, 0.4) is 0 Å². The highest BCUT2D eigenvalue weighted by Crippen LogP contribution is 2.21. The van der Waals surface area contributed by atoms with Gasteiger partial charge in [-0.05, 0) is 50.1 Å². The minimum Gasteiger partial charge on any atom is -0.366 e. The van der Waals surface area contributed by atoms with E-state index in [9.17, 15) is 0 Å². The van der Waals surface area contributed by atoms with Gasteiger partial charge in [0.2, 0.25) is 0 Å². The molecule has 188 valence electrons. The molecule has 0 aliphatic carbocycles. The number of anilines is 1. The van der Waals surface area contributed by atoms with Crippen LogP contribution in [-0.4, -0.2) is 67.0 Å². The van der Waals surface area contributed by atoms with Gasteiger partial charge in [0.1, 0.15) is 5.82 Å². The molecular formula is C28H41N7. The van der Waals surface area contributed by atoms with Crippen molar-refractivity contribution in [3.8, 4) is 11.3 Å². The summed E-state index contributed by atoms with van der Waals surface area (Å²) in [5, 5.41) is 18.9. The first-order valence-electron chi connectivity index (χ1n) is 13.0. The molecule has 4 rings (SSSR count). The molecule has 0 spiro atoms. The van der Waals surface area contributed by atoms with Crippen LogP contribution in [0.1, 0.15) is 24.0 Å². The van der Waals surface area contributed by atoms with Gasteiger partial charge in [-0.25, -0.2) is 0 Å². The zero-order chi connectivity index (χ0) is 24.1. The fourth-order valence-corrected chi connectivity index (χ4v) is 4.50. The minimum absolute atomic E-state index is 0.779. The number of aromatic nitrogens is 2. The van der Waals surface area contributed by atoms with Gasteiger partial charge in [-0.15, -0.1) is 0 Å². The predicted molar refractivity (Wildman–Crippen MR) is 146 cm³/mol. The van der Waals surface area contributed by atoms with Gasteiger partial charge >= 0.3 is 0 Å². The van der Waals surface area contributed by atoms with Crippen LogP contribution in [0.4, 0.5) is 5.82 Å². The Labute approximate surface area is 210 Å². The molecule has 0 saturated carbocycles. The summed E-state index contributed by atoms with van der Waals surface area (Å²) in [5.41, 5.74) is 4.79. The van der Waals surface area contributed by atoms with Crippen LogP contribution in [0.25, 0.3) is 11.3 Å². The molecule has 3 aromatic rings. The summed E-state index contributed by atoms with van der Waals surface area (Å²) in [5.74, 6) is 1.03. The molecule has 0 bridgehead atoms. The van der Waals surface area contributed by atoms with E-state index in [0.717, 1.165) is 82.5 Å². The van der Waals surface area contributed by atoms with Crippen molar-refractivity contribution in [1.82, 2.24) is 30.6 Å². The molecule has 2 aromatic carbocycles. The highest BCUT2D eigenvalue weighted by atomic mass is 15.3. The summed E-state index contributed by atoms with van der Waals surface area (Å²) >= 11 is 0. The monoisotopic (exact) mass is 475 g/mol. The maximum absolute atomic E-state index is 4.68. The Morgan fingerprint density at radius 2 is 1.51 bits per heavy atom. The fraction of sp³-hybridized carbons (Fsp3) is 0.464. The zero-order valence-electron chi connectivity index (χ0n) is 21.1. The van der Waals surface area contributed by atoms with Gasteiger partial charge in [-0.1, -0.05) is 54.6 Å². The highest BCUT2D eigenvalue weighted by molar-refractivity contribution is 5.62. The average Bonchev–Trinajstić information content (AvgIpc) is 3.26. The molecule has 35 heavy (non-hydrogen) atoms. The van der Waals surface area contributed by atoms with Crippen molar-refractivity contribution in [2.75, 3.05) is 57.7 Å². The topological polar surface area (TPSA) is 69.2 Å². The lowest BCUT2D eigenvalue weighted by Crippen LogP contribution is -2.36. The van der Waals surface area contributed by atoms with E-state index in [4.69, 9.17) is 0 Å². The van der Waals surface area contributed by atoms with E-state index < -0.39 is 0 Å². The number of rotatable bonds is 6. The number of benzene rings is 2. The lowest BCUT2D eigenvalue weighted by molar-refractivity contribution is 0.260. The van der Waals surface area contributed by atoms with Crippen molar-refractivity contribution in [3.63, 3.8) is 0 Å². The van der Waals surface area contributed by atoms with Crippen LogP contribution >= 0.6 is 0 Å². The number of nitrogens with zero attached hydrogens (tertiary/aromatic N) is 3. The first kappa shape index (κ1) is 25.4. The summed E-state index contributed by atoms with van der Waals surface area (Å²) in [6.45, 7) is 10.3. The molecule has 1 aliphatic heterocycles. The lowest BCUT2D eigenvalue weighted by Gasteiger charge is -2.23. The van der Waals surface area contributed by atoms with Crippen molar-refractivity contribution in [1.29, 1.82) is 0 Å². The fourth-order valence-electron chi connectivity index (χ4n) is 4.50. The lowest BCUT2D eigenvalue weighted by atomic mass is 10.1. The van der Waals surface area contributed by atoms with Crippen LogP contribution in [0.15, 0.2) is 60.7 Å². The van der Waals surface area contributed by atoms with E-state index in [2.05, 4.69) is 73.7 Å². The number of hydrogen-bond acceptors (Lipinski definition) is 6. The van der Waals surface area contributed by atoms with Gasteiger partial charge < -0.3 is 21.3 Å². The second-order valence-corrected chi connectivity index (χ2v) is 9.31. The molecule has 0 atom stereocenters. The molecule has 0 amide bonds. The third kappa shape index (κ3) is 8.47. The first-order valence-corrected chi connectivity index (χ1v) is 13.0. The summed E-state index contributed by atoms with van der Waals surface area (Å²) in [6.07, 6.45) is 2.35. The van der Waals surface area contributed by atoms with Crippen molar-refractivity contribution in [3.05, 3.63) is 71.8 Å². The second-order valence-electron chi connectivity index (χ2n) is 9.31. The van der Waals surface area contributed by atoms with E-state index in [1.165, 1.54) is 24.0 Å². The van der Waals surface area contributed by atoms with Crippen molar-refractivity contribution in [2.24, 2.45) is 7.05 Å². The summed E-state index contributed by atoms with van der Waals surface area (Å²) in [4.78, 5) is 2.58. The summed E-state index contributed by atoms with van der Waals surface area (Å²) in [6, 6.07) is 21.4. The van der Waals surface area contributed by atoms with Crippen molar-refractivity contribution in [2.45, 2.75) is 25.9 Å². The average molecular weight is 476 g/mol. The maximum atomic E-state index is 4.68. The third-order valence-corrected chi connectivity index (χ3v) is 6.44. The Bertz CT molecular complexity index is 988. The third-order valence-electron chi connectivity index (χ3n) is 6.44. The largest absolute Gasteiger partial charge is 0.366 e. The zero-order valence-corrected chi connectivity index (χ0v) is 21.1. The van der Waals surface area contributed by atoms with Gasteiger partial charge in [-0.2, -0.15) is 5.10 Å². The number of hydrogen-bond donors (Lipinski definition) is 4. The SMILES string of the molecule is Cn1nc(-c2ccccc2)cc1NCc1cccc(CN2CCCNCCNCCCNCC2)c1. The minimum atomic E-state index is 0.779. The molecular weight excluding hydrogens is 434 g/mol. The molecule has 0 radical (unpaired) electrons. The molecule has 1 aliphatic rings. The summed E-state index contributed by atoms with van der Waals surface area (Å²) < 4.78 is 1.92. The Morgan fingerprint density at radius 3 is 2.34 bits per heavy atom. The Kier molecular flexibility index (Phi) is 10.2. The Balaban J connectivity index is 1.32. The molecule has 4 N–H and O–H groups in total. The van der Waals surface area contributed by atoms with E-state index in [1.54, 1.807) is 0 Å². The molecule has 1 saturated heterocycles. The van der Waals surface area contributed by atoms with Crippen LogP contribution in [0.5, 0.6) is 0 Å². The van der Waals surface area contributed by atoms with Gasteiger partial charge in [0.15, 0.2) is 0 Å².